The Morgan fingerprint density at radius 1 is 1.48 bits per heavy atom. The van der Waals surface area contributed by atoms with Gasteiger partial charge in [0.1, 0.15) is 6.61 Å². The van der Waals surface area contributed by atoms with Gasteiger partial charge in [0.2, 0.25) is 0 Å². The Morgan fingerprint density at radius 3 is 3.00 bits per heavy atom. The third-order valence-corrected chi connectivity index (χ3v) is 2.97. The Kier molecular flexibility index (Phi) is 5.28. The molecule has 21 heavy (non-hydrogen) atoms. The number of hydrogen-bond acceptors (Lipinski definition) is 5. The molecule has 0 fully saturated rings. The molecule has 0 amide bonds. The summed E-state index contributed by atoms with van der Waals surface area (Å²) in [7, 11) is 0. The van der Waals surface area contributed by atoms with E-state index in [0.717, 1.165) is 12.1 Å². The first-order valence-corrected chi connectivity index (χ1v) is 6.77. The molecule has 2 aromatic rings. The molecule has 1 heterocycles. The summed E-state index contributed by atoms with van der Waals surface area (Å²) in [6.45, 7) is 4.35. The van der Waals surface area contributed by atoms with E-state index in [1.165, 1.54) is 0 Å². The smallest absolute Gasteiger partial charge is 0.311 e. The zero-order chi connectivity index (χ0) is 15.1. The first kappa shape index (κ1) is 15.0. The maximum absolute atomic E-state index is 11.1. The Bertz CT molecular complexity index is 584. The number of nitrogens with zero attached hydrogens (tertiary/aromatic N) is 3. The van der Waals surface area contributed by atoms with Crippen molar-refractivity contribution in [3.8, 4) is 5.75 Å². The van der Waals surface area contributed by atoms with Crippen LogP contribution in [0.15, 0.2) is 36.9 Å². The zero-order valence-electron chi connectivity index (χ0n) is 11.9. The van der Waals surface area contributed by atoms with Crippen LogP contribution in [0.2, 0.25) is 0 Å². The molecular formula is C14H18N4O3. The molecule has 0 saturated carbocycles. The van der Waals surface area contributed by atoms with Crippen LogP contribution in [0.3, 0.4) is 0 Å². The summed E-state index contributed by atoms with van der Waals surface area (Å²) in [5.41, 5.74) is 0.863. The minimum absolute atomic E-state index is 0.00367. The molecule has 1 aromatic heterocycles. The third-order valence-electron chi connectivity index (χ3n) is 2.97. The number of rotatable bonds is 8. The lowest BCUT2D eigenvalue weighted by molar-refractivity contribution is -0.385. The molecule has 1 N–H and O–H groups in total. The van der Waals surface area contributed by atoms with Gasteiger partial charge in [0.25, 0.3) is 0 Å². The SMILES string of the molecule is CCNCc1ccc(OCCn2ccnc2)c([N+](=O)[O-])c1. The van der Waals surface area contributed by atoms with Gasteiger partial charge in [0.15, 0.2) is 5.75 Å². The molecule has 112 valence electrons. The number of aromatic nitrogens is 2. The van der Waals surface area contributed by atoms with Crippen molar-refractivity contribution in [1.82, 2.24) is 14.9 Å². The normalized spacial score (nSPS) is 10.5. The predicted molar refractivity (Wildman–Crippen MR) is 78.2 cm³/mol. The second kappa shape index (κ2) is 7.39. The van der Waals surface area contributed by atoms with Crippen LogP contribution in [-0.4, -0.2) is 27.6 Å². The van der Waals surface area contributed by atoms with Crippen LogP contribution >= 0.6 is 0 Å². The Balaban J connectivity index is 2.01. The molecule has 0 aliphatic heterocycles. The largest absolute Gasteiger partial charge is 0.485 e. The van der Waals surface area contributed by atoms with E-state index in [-0.39, 0.29) is 5.69 Å². The highest BCUT2D eigenvalue weighted by atomic mass is 16.6. The highest BCUT2D eigenvalue weighted by molar-refractivity contribution is 5.48. The molecule has 0 bridgehead atoms. The van der Waals surface area contributed by atoms with Gasteiger partial charge >= 0.3 is 5.69 Å². The molecule has 0 saturated heterocycles. The van der Waals surface area contributed by atoms with Crippen LogP contribution in [0, 0.1) is 10.1 Å². The standard InChI is InChI=1S/C14H18N4O3/c1-2-15-10-12-3-4-14(13(9-12)18(19)20)21-8-7-17-6-5-16-11-17/h3-6,9,11,15H,2,7-8,10H2,1H3. The summed E-state index contributed by atoms with van der Waals surface area (Å²) in [6.07, 6.45) is 5.17. The van der Waals surface area contributed by atoms with E-state index < -0.39 is 4.92 Å². The van der Waals surface area contributed by atoms with Crippen molar-refractivity contribution < 1.29 is 9.66 Å². The number of nitro benzene ring substituents is 1. The quantitative estimate of drug-likeness (QED) is 0.594. The maximum Gasteiger partial charge on any atom is 0.311 e. The lowest BCUT2D eigenvalue weighted by Gasteiger charge is -2.09. The van der Waals surface area contributed by atoms with Crippen molar-refractivity contribution in [3.05, 3.63) is 52.6 Å². The summed E-state index contributed by atoms with van der Waals surface area (Å²) >= 11 is 0. The molecule has 0 unspecified atom stereocenters. The van der Waals surface area contributed by atoms with Crippen LogP contribution in [0.4, 0.5) is 5.69 Å². The van der Waals surface area contributed by atoms with E-state index in [9.17, 15) is 10.1 Å². The second-order valence-corrected chi connectivity index (χ2v) is 4.49. The molecule has 0 spiro atoms. The predicted octanol–water partition coefficient (Wildman–Crippen LogP) is 1.98. The van der Waals surface area contributed by atoms with E-state index in [2.05, 4.69) is 10.3 Å². The van der Waals surface area contributed by atoms with E-state index in [0.29, 0.717) is 25.4 Å². The number of benzene rings is 1. The van der Waals surface area contributed by atoms with Crippen molar-refractivity contribution in [3.63, 3.8) is 0 Å². The minimum Gasteiger partial charge on any atom is -0.485 e. The second-order valence-electron chi connectivity index (χ2n) is 4.49. The molecule has 0 radical (unpaired) electrons. The van der Waals surface area contributed by atoms with Gasteiger partial charge in [-0.1, -0.05) is 13.0 Å². The van der Waals surface area contributed by atoms with Crippen LogP contribution < -0.4 is 10.1 Å². The van der Waals surface area contributed by atoms with Gasteiger partial charge in [-0.15, -0.1) is 0 Å². The van der Waals surface area contributed by atoms with Gasteiger partial charge in [0.05, 0.1) is 17.8 Å². The van der Waals surface area contributed by atoms with Crippen LogP contribution in [-0.2, 0) is 13.1 Å². The van der Waals surface area contributed by atoms with E-state index in [1.807, 2.05) is 23.8 Å². The lowest BCUT2D eigenvalue weighted by Crippen LogP contribution is -2.12. The van der Waals surface area contributed by atoms with E-state index >= 15 is 0 Å². The average molecular weight is 290 g/mol. The minimum atomic E-state index is -0.415. The van der Waals surface area contributed by atoms with E-state index in [1.54, 1.807) is 24.7 Å². The van der Waals surface area contributed by atoms with Gasteiger partial charge in [-0.05, 0) is 18.2 Å². The summed E-state index contributed by atoms with van der Waals surface area (Å²) in [5.74, 6) is 0.292. The van der Waals surface area contributed by atoms with Crippen molar-refractivity contribution >= 4 is 5.69 Å². The van der Waals surface area contributed by atoms with Gasteiger partial charge < -0.3 is 14.6 Å². The van der Waals surface area contributed by atoms with Crippen LogP contribution in [0.1, 0.15) is 12.5 Å². The van der Waals surface area contributed by atoms with Gasteiger partial charge in [-0.25, -0.2) is 4.98 Å². The molecule has 2 rings (SSSR count). The molecule has 0 aliphatic carbocycles. The fraction of sp³-hybridized carbons (Fsp3) is 0.357. The van der Waals surface area contributed by atoms with Crippen molar-refractivity contribution in [2.75, 3.05) is 13.2 Å². The highest BCUT2D eigenvalue weighted by Crippen LogP contribution is 2.28. The molecule has 0 atom stereocenters. The van der Waals surface area contributed by atoms with Gasteiger partial charge in [-0.3, -0.25) is 10.1 Å². The topological polar surface area (TPSA) is 82.2 Å². The summed E-state index contributed by atoms with van der Waals surface area (Å²) in [4.78, 5) is 14.6. The molecule has 7 heteroatoms. The third kappa shape index (κ3) is 4.28. The first-order chi connectivity index (χ1) is 10.2. The molecule has 1 aromatic carbocycles. The van der Waals surface area contributed by atoms with Gasteiger partial charge in [-0.2, -0.15) is 0 Å². The first-order valence-electron chi connectivity index (χ1n) is 6.77. The lowest BCUT2D eigenvalue weighted by atomic mass is 10.2. The zero-order valence-corrected chi connectivity index (χ0v) is 11.9. The average Bonchev–Trinajstić information content (AvgIpc) is 2.99. The van der Waals surface area contributed by atoms with Crippen molar-refractivity contribution in [2.45, 2.75) is 20.0 Å². The number of nitro groups is 1. The number of nitrogens with one attached hydrogen (secondary N) is 1. The Morgan fingerprint density at radius 2 is 2.33 bits per heavy atom. The molecule has 7 nitrogen and oxygen atoms in total. The fourth-order valence-electron chi connectivity index (χ4n) is 1.89. The highest BCUT2D eigenvalue weighted by Gasteiger charge is 2.15. The molecule has 0 aliphatic rings. The number of hydrogen-bond donors (Lipinski definition) is 1. The number of ether oxygens (including phenoxy) is 1. The fourth-order valence-corrected chi connectivity index (χ4v) is 1.89. The summed E-state index contributed by atoms with van der Waals surface area (Å²) in [6, 6.07) is 5.04. The van der Waals surface area contributed by atoms with Crippen LogP contribution in [0.25, 0.3) is 0 Å². The van der Waals surface area contributed by atoms with Crippen molar-refractivity contribution in [1.29, 1.82) is 0 Å². The van der Waals surface area contributed by atoms with Gasteiger partial charge in [0, 0.05) is 25.0 Å². The summed E-state index contributed by atoms with van der Waals surface area (Å²) < 4.78 is 7.37. The van der Waals surface area contributed by atoms with Crippen molar-refractivity contribution in [2.24, 2.45) is 0 Å². The van der Waals surface area contributed by atoms with Crippen LogP contribution in [0.5, 0.6) is 5.75 Å². The van der Waals surface area contributed by atoms with E-state index in [4.69, 9.17) is 4.74 Å². The Hall–Kier alpha value is -2.41. The Labute approximate surface area is 122 Å². The molecular weight excluding hydrogens is 272 g/mol. The maximum atomic E-state index is 11.1. The number of imidazole rings is 1. The monoisotopic (exact) mass is 290 g/mol. The summed E-state index contributed by atoms with van der Waals surface area (Å²) in [5, 5.41) is 14.3.